The summed E-state index contributed by atoms with van der Waals surface area (Å²) in [6.07, 6.45) is 2.95. The quantitative estimate of drug-likeness (QED) is 0.648. The Hall–Kier alpha value is -2.24. The Morgan fingerprint density at radius 2 is 1.76 bits per heavy atom. The second kappa shape index (κ2) is 8.64. The van der Waals surface area contributed by atoms with Gasteiger partial charge in [0.15, 0.2) is 5.17 Å². The van der Waals surface area contributed by atoms with Gasteiger partial charge < -0.3 is 9.80 Å². The molecule has 2 aromatic rings. The summed E-state index contributed by atoms with van der Waals surface area (Å²) in [5.74, 6) is -0.141. The lowest BCUT2D eigenvalue weighted by atomic mass is 10.1. The lowest BCUT2D eigenvalue weighted by Gasteiger charge is -2.36. The number of hydrogen-bond acceptors (Lipinski definition) is 4. The maximum absolute atomic E-state index is 12.4. The topological polar surface area (TPSA) is 35.9 Å². The molecule has 2 heterocycles. The maximum Gasteiger partial charge on any atom is 0.286 e. The zero-order chi connectivity index (χ0) is 20.4. The van der Waals surface area contributed by atoms with Crippen LogP contribution in [0.25, 0.3) is 6.08 Å². The molecule has 0 saturated carbocycles. The lowest BCUT2D eigenvalue weighted by Crippen LogP contribution is -2.47. The third-order valence-corrected chi connectivity index (χ3v) is 6.82. The molecule has 2 aliphatic heterocycles. The zero-order valence-corrected chi connectivity index (χ0v) is 18.3. The second-order valence-corrected chi connectivity index (χ2v) is 8.73. The van der Waals surface area contributed by atoms with Crippen molar-refractivity contribution in [1.29, 1.82) is 0 Å². The SMILES string of the molecule is CCc1ccc(/C=C2\SC(N3CCN(c4ccc(C)c(Cl)c4)CC3)=NC2=O)cc1. The fraction of sp³-hybridized carbons (Fsp3) is 0.304. The van der Waals surface area contributed by atoms with E-state index in [0.29, 0.717) is 4.91 Å². The van der Waals surface area contributed by atoms with Crippen LogP contribution in [0.5, 0.6) is 0 Å². The van der Waals surface area contributed by atoms with Crippen LogP contribution in [0.2, 0.25) is 5.02 Å². The van der Waals surface area contributed by atoms with E-state index in [1.54, 1.807) is 0 Å². The number of aryl methyl sites for hydroxylation is 2. The Kier molecular flexibility index (Phi) is 5.97. The van der Waals surface area contributed by atoms with Gasteiger partial charge in [-0.3, -0.25) is 4.79 Å². The molecule has 1 fully saturated rings. The first-order valence-electron chi connectivity index (χ1n) is 9.91. The van der Waals surface area contributed by atoms with Gasteiger partial charge in [-0.05, 0) is 60.0 Å². The smallest absolute Gasteiger partial charge is 0.286 e. The van der Waals surface area contributed by atoms with E-state index < -0.39 is 0 Å². The fourth-order valence-electron chi connectivity index (χ4n) is 3.47. The molecule has 150 valence electrons. The van der Waals surface area contributed by atoms with Crippen LogP contribution in [0, 0.1) is 6.92 Å². The molecule has 29 heavy (non-hydrogen) atoms. The minimum atomic E-state index is -0.141. The molecule has 0 aliphatic carbocycles. The van der Waals surface area contributed by atoms with Gasteiger partial charge in [-0.1, -0.05) is 48.9 Å². The van der Waals surface area contributed by atoms with Crippen molar-refractivity contribution in [3.8, 4) is 0 Å². The molecular weight excluding hydrogens is 402 g/mol. The molecule has 0 bridgehead atoms. The molecule has 0 unspecified atom stereocenters. The summed E-state index contributed by atoms with van der Waals surface area (Å²) >= 11 is 7.76. The predicted octanol–water partition coefficient (Wildman–Crippen LogP) is 5.00. The van der Waals surface area contributed by atoms with Crippen molar-refractivity contribution in [2.45, 2.75) is 20.3 Å². The number of thioether (sulfide) groups is 1. The van der Waals surface area contributed by atoms with E-state index in [1.807, 2.05) is 19.1 Å². The number of halogens is 1. The summed E-state index contributed by atoms with van der Waals surface area (Å²) < 4.78 is 0. The summed E-state index contributed by atoms with van der Waals surface area (Å²) in [5, 5.41) is 1.61. The highest BCUT2D eigenvalue weighted by molar-refractivity contribution is 8.18. The first kappa shape index (κ1) is 20.0. The van der Waals surface area contributed by atoms with Crippen molar-refractivity contribution in [3.05, 3.63) is 69.1 Å². The third-order valence-electron chi connectivity index (χ3n) is 5.37. The zero-order valence-electron chi connectivity index (χ0n) is 16.7. The Labute approximate surface area is 181 Å². The molecule has 2 aromatic carbocycles. The van der Waals surface area contributed by atoms with Crippen molar-refractivity contribution in [2.24, 2.45) is 4.99 Å². The van der Waals surface area contributed by atoms with Crippen molar-refractivity contribution < 1.29 is 4.79 Å². The highest BCUT2D eigenvalue weighted by Crippen LogP contribution is 2.31. The molecule has 4 rings (SSSR count). The van der Waals surface area contributed by atoms with Gasteiger partial charge in [0, 0.05) is 36.9 Å². The van der Waals surface area contributed by atoms with Crippen LogP contribution in [0.1, 0.15) is 23.6 Å². The van der Waals surface area contributed by atoms with Crippen molar-refractivity contribution >= 4 is 46.2 Å². The Balaban J connectivity index is 1.39. The Bertz CT molecular complexity index is 976. The largest absolute Gasteiger partial charge is 0.368 e. The standard InChI is InChI=1S/C23H24ClN3OS/c1-3-17-5-7-18(8-6-17)14-21-22(28)25-23(29-21)27-12-10-26(11-13-27)19-9-4-16(2)20(24)15-19/h4-9,14-15H,3,10-13H2,1-2H3/b21-14-. The Morgan fingerprint density at radius 3 is 2.41 bits per heavy atom. The third kappa shape index (κ3) is 4.51. The van der Waals surface area contributed by atoms with Gasteiger partial charge in [-0.2, -0.15) is 4.99 Å². The number of hydrogen-bond donors (Lipinski definition) is 0. The number of amides is 1. The van der Waals surface area contributed by atoms with Crippen LogP contribution in [-0.2, 0) is 11.2 Å². The molecule has 2 aliphatic rings. The average Bonchev–Trinajstić information content (AvgIpc) is 3.11. The first-order valence-corrected chi connectivity index (χ1v) is 11.1. The molecule has 1 amide bonds. The van der Waals surface area contributed by atoms with Crippen molar-refractivity contribution in [2.75, 3.05) is 31.1 Å². The number of amidine groups is 1. The van der Waals surface area contributed by atoms with Gasteiger partial charge in [0.1, 0.15) is 0 Å². The summed E-state index contributed by atoms with van der Waals surface area (Å²) in [7, 11) is 0. The normalized spacial score (nSPS) is 18.5. The minimum Gasteiger partial charge on any atom is -0.368 e. The van der Waals surface area contributed by atoms with E-state index in [4.69, 9.17) is 11.6 Å². The summed E-state index contributed by atoms with van der Waals surface area (Å²) in [6, 6.07) is 14.5. The van der Waals surface area contributed by atoms with Crippen LogP contribution in [0.15, 0.2) is 52.4 Å². The van der Waals surface area contributed by atoms with Gasteiger partial charge in [-0.15, -0.1) is 0 Å². The lowest BCUT2D eigenvalue weighted by molar-refractivity contribution is -0.113. The number of nitrogens with zero attached hydrogens (tertiary/aromatic N) is 3. The van der Waals surface area contributed by atoms with Crippen LogP contribution in [0.4, 0.5) is 5.69 Å². The number of rotatable bonds is 3. The van der Waals surface area contributed by atoms with Crippen LogP contribution >= 0.6 is 23.4 Å². The van der Waals surface area contributed by atoms with Gasteiger partial charge in [-0.25, -0.2) is 0 Å². The predicted molar refractivity (Wildman–Crippen MR) is 124 cm³/mol. The van der Waals surface area contributed by atoms with E-state index in [2.05, 4.69) is 58.1 Å². The fourth-order valence-corrected chi connectivity index (χ4v) is 4.61. The molecule has 1 saturated heterocycles. The second-order valence-electron chi connectivity index (χ2n) is 7.31. The molecule has 6 heteroatoms. The van der Waals surface area contributed by atoms with E-state index in [1.165, 1.54) is 17.3 Å². The minimum absolute atomic E-state index is 0.141. The average molecular weight is 426 g/mol. The summed E-state index contributed by atoms with van der Waals surface area (Å²) in [6.45, 7) is 7.58. The van der Waals surface area contributed by atoms with E-state index in [0.717, 1.165) is 59.6 Å². The molecule has 0 radical (unpaired) electrons. The van der Waals surface area contributed by atoms with Crippen molar-refractivity contribution in [1.82, 2.24) is 4.90 Å². The highest BCUT2D eigenvalue weighted by atomic mass is 35.5. The van der Waals surface area contributed by atoms with E-state index >= 15 is 0 Å². The van der Waals surface area contributed by atoms with Crippen LogP contribution in [-0.4, -0.2) is 42.2 Å². The Morgan fingerprint density at radius 1 is 1.07 bits per heavy atom. The molecular formula is C23H24ClN3OS. The first-order chi connectivity index (χ1) is 14.0. The number of anilines is 1. The molecule has 0 aromatic heterocycles. The summed E-state index contributed by atoms with van der Waals surface area (Å²) in [5.41, 5.74) is 4.57. The summed E-state index contributed by atoms with van der Waals surface area (Å²) in [4.78, 5) is 21.9. The number of carbonyl (C=O) groups is 1. The molecule has 0 atom stereocenters. The monoisotopic (exact) mass is 425 g/mol. The number of piperazine rings is 1. The van der Waals surface area contributed by atoms with Crippen molar-refractivity contribution in [3.63, 3.8) is 0 Å². The molecule has 4 nitrogen and oxygen atoms in total. The van der Waals surface area contributed by atoms with Gasteiger partial charge in [0.2, 0.25) is 0 Å². The number of benzene rings is 2. The molecule has 0 N–H and O–H groups in total. The maximum atomic E-state index is 12.4. The number of carbonyl (C=O) groups excluding carboxylic acids is 1. The van der Waals surface area contributed by atoms with Gasteiger partial charge in [0.25, 0.3) is 5.91 Å². The van der Waals surface area contributed by atoms with Crippen LogP contribution in [0.3, 0.4) is 0 Å². The molecule has 0 spiro atoms. The van der Waals surface area contributed by atoms with E-state index in [-0.39, 0.29) is 5.91 Å². The van der Waals surface area contributed by atoms with Gasteiger partial charge in [0.05, 0.1) is 4.91 Å². The van der Waals surface area contributed by atoms with E-state index in [9.17, 15) is 4.79 Å². The number of aliphatic imine (C=N–C) groups is 1. The van der Waals surface area contributed by atoms with Crippen LogP contribution < -0.4 is 4.90 Å². The van der Waals surface area contributed by atoms with Gasteiger partial charge >= 0.3 is 0 Å². The highest BCUT2D eigenvalue weighted by Gasteiger charge is 2.28.